The molecule has 0 radical (unpaired) electrons. The van der Waals surface area contributed by atoms with E-state index in [1.807, 2.05) is 21.1 Å². The van der Waals surface area contributed by atoms with Crippen LogP contribution in [0.4, 0.5) is 0 Å². The monoisotopic (exact) mass is 1230 g/mol. The number of likely N-dealkylation sites (N-methyl/N-ethyl adjacent to an activating group) is 1. The molecule has 0 spiro atoms. The van der Waals surface area contributed by atoms with Crippen LogP contribution in [0.2, 0.25) is 0 Å². The van der Waals surface area contributed by atoms with Gasteiger partial charge in [0, 0.05) is 12.8 Å². The van der Waals surface area contributed by atoms with E-state index in [0.717, 1.165) is 141 Å². The van der Waals surface area contributed by atoms with Crippen LogP contribution in [0.15, 0.2) is 207 Å². The highest BCUT2D eigenvalue weighted by Gasteiger charge is 2.27. The number of hydrogen-bond acceptors (Lipinski definition) is 7. The lowest BCUT2D eigenvalue weighted by atomic mass is 10.0. The Bertz CT molecular complexity index is 2240. The fourth-order valence-corrected chi connectivity index (χ4v) is 8.95. The molecule has 0 aliphatic rings. The number of phosphoric acid groups is 1. The SMILES string of the molecule is CC/C=C\C/C=C\C/C=C\C/C=C\C/C=C\C/C=C\C/C=C\C/C=C\C/C=C\C/C=C\CCCCCCCCCCCCC(=O)OC(COC(=O)CCC/C=C\C/C=C\C/C=C\C/C=C\C/C=C\C/C=C\C/C=C\CC)COP(=O)(O)OCC[N+](C)(C)C. The van der Waals surface area contributed by atoms with Crippen LogP contribution in [-0.2, 0) is 32.7 Å². The Kier molecular flexibility index (Phi) is 62.0. The number of allylic oxidation sites excluding steroid dienone is 34. The minimum absolute atomic E-state index is 0.0102. The average Bonchev–Trinajstić information content (AvgIpc) is 3.58. The maximum Gasteiger partial charge on any atom is 0.472 e. The normalized spacial score (nSPS) is 14.5. The number of nitrogens with zero attached hydrogens (tertiary/aromatic N) is 1. The van der Waals surface area contributed by atoms with Crippen LogP contribution >= 0.6 is 7.82 Å². The summed E-state index contributed by atoms with van der Waals surface area (Å²) in [5.74, 6) is -0.888. The molecular formula is C78H123NO8P+. The van der Waals surface area contributed by atoms with Crippen molar-refractivity contribution < 1.29 is 42.1 Å². The molecule has 9 nitrogen and oxygen atoms in total. The molecule has 0 heterocycles. The standard InChI is InChI=1S/C78H122NO8P/c1-6-8-10-12-14-16-18-20-22-24-26-28-30-31-32-33-34-35-36-37-38-39-40-41-42-43-44-45-46-47-49-51-53-55-57-59-61-63-65-67-69-71-78(81)87-76(75-86-88(82,83)85-73-72-79(3,4)5)74-84-77(80)70-68-66-64-62-60-58-56-54-52-50-48-29-27-25-23-21-19-17-15-13-11-9-7-2/h8-11,14-17,20-23,26-29,31-32,34-35,37-38,40-41,43-44,46-47,50,52,56,58,62,64,76H,6-7,12-13,18-19,24-25,30,33,36,39,42,45,48-49,51,53-55,57,59-61,63,65-75H2,1-5H3/p+1/b10-8-,11-9-,16-14-,17-15-,22-20-,23-21-,28-26-,29-27-,32-31-,35-34-,38-37-,41-40-,44-43-,47-46-,52-50-,58-56-,64-62-. The minimum atomic E-state index is -4.42. The first kappa shape index (κ1) is 82.6. The number of phosphoric ester groups is 1. The van der Waals surface area contributed by atoms with E-state index in [-0.39, 0.29) is 26.1 Å². The number of carbonyl (C=O) groups excluding carboxylic acids is 2. The van der Waals surface area contributed by atoms with Crippen LogP contribution in [0.3, 0.4) is 0 Å². The molecule has 10 heteroatoms. The van der Waals surface area contributed by atoms with Crippen molar-refractivity contribution in [1.29, 1.82) is 0 Å². The zero-order valence-electron chi connectivity index (χ0n) is 55.9. The smallest absolute Gasteiger partial charge is 0.462 e. The van der Waals surface area contributed by atoms with Gasteiger partial charge in [0.25, 0.3) is 0 Å². The summed E-state index contributed by atoms with van der Waals surface area (Å²) in [7, 11) is 1.41. The summed E-state index contributed by atoms with van der Waals surface area (Å²) in [5.41, 5.74) is 0. The number of hydrogen-bond donors (Lipinski definition) is 1. The number of esters is 2. The van der Waals surface area contributed by atoms with Crippen molar-refractivity contribution in [1.82, 2.24) is 0 Å². The Labute approximate surface area is 538 Å². The Morgan fingerprint density at radius 3 is 0.943 bits per heavy atom. The Balaban J connectivity index is 4.20. The highest BCUT2D eigenvalue weighted by molar-refractivity contribution is 7.47. The van der Waals surface area contributed by atoms with Crippen molar-refractivity contribution in [3.63, 3.8) is 0 Å². The quantitative estimate of drug-likeness (QED) is 0.0211. The van der Waals surface area contributed by atoms with E-state index in [0.29, 0.717) is 23.9 Å². The van der Waals surface area contributed by atoms with Crippen LogP contribution in [0.1, 0.15) is 219 Å². The number of carbonyl (C=O) groups is 2. The van der Waals surface area contributed by atoms with Crippen molar-refractivity contribution in [2.75, 3.05) is 47.5 Å². The molecule has 0 bridgehead atoms. The predicted octanol–water partition coefficient (Wildman–Crippen LogP) is 22.3. The van der Waals surface area contributed by atoms with Gasteiger partial charge in [-0.15, -0.1) is 0 Å². The molecule has 0 aliphatic carbocycles. The molecule has 0 aliphatic heterocycles. The van der Waals surface area contributed by atoms with E-state index in [2.05, 4.69) is 220 Å². The summed E-state index contributed by atoms with van der Waals surface area (Å²) in [4.78, 5) is 35.8. The number of ether oxygens (including phenoxy) is 2. The lowest BCUT2D eigenvalue weighted by molar-refractivity contribution is -0.870. The topological polar surface area (TPSA) is 108 Å². The highest BCUT2D eigenvalue weighted by Crippen LogP contribution is 2.43. The summed E-state index contributed by atoms with van der Waals surface area (Å²) in [6.07, 6.45) is 105. The zero-order valence-corrected chi connectivity index (χ0v) is 56.8. The van der Waals surface area contributed by atoms with Crippen molar-refractivity contribution in [3.8, 4) is 0 Å². The fourth-order valence-electron chi connectivity index (χ4n) is 8.21. The van der Waals surface area contributed by atoms with E-state index < -0.39 is 32.5 Å². The molecule has 0 aromatic rings. The molecule has 0 aromatic carbocycles. The molecule has 0 aromatic heterocycles. The van der Waals surface area contributed by atoms with Crippen LogP contribution < -0.4 is 0 Å². The van der Waals surface area contributed by atoms with Crippen molar-refractivity contribution in [3.05, 3.63) is 207 Å². The van der Waals surface area contributed by atoms with E-state index in [9.17, 15) is 19.0 Å². The predicted molar refractivity (Wildman–Crippen MR) is 380 cm³/mol. The number of rotatable bonds is 59. The van der Waals surface area contributed by atoms with E-state index in [1.165, 1.54) is 38.5 Å². The van der Waals surface area contributed by atoms with Crippen LogP contribution in [0.5, 0.6) is 0 Å². The van der Waals surface area contributed by atoms with E-state index in [4.69, 9.17) is 18.5 Å². The number of unbranched alkanes of at least 4 members (excludes halogenated alkanes) is 11. The molecular weight excluding hydrogens is 1110 g/mol. The second kappa shape index (κ2) is 66.0. The lowest BCUT2D eigenvalue weighted by Crippen LogP contribution is -2.37. The molecule has 0 amide bonds. The van der Waals surface area contributed by atoms with Gasteiger partial charge in [0.15, 0.2) is 6.10 Å². The van der Waals surface area contributed by atoms with Gasteiger partial charge in [0.2, 0.25) is 0 Å². The second-order valence-corrected chi connectivity index (χ2v) is 24.2. The van der Waals surface area contributed by atoms with Crippen LogP contribution in [0.25, 0.3) is 0 Å². The largest absolute Gasteiger partial charge is 0.472 e. The molecule has 1 N–H and O–H groups in total. The van der Waals surface area contributed by atoms with Gasteiger partial charge in [-0.1, -0.05) is 272 Å². The van der Waals surface area contributed by atoms with Gasteiger partial charge in [-0.3, -0.25) is 18.6 Å². The third kappa shape index (κ3) is 69.7. The maximum absolute atomic E-state index is 12.9. The third-order valence-electron chi connectivity index (χ3n) is 13.3. The molecule has 88 heavy (non-hydrogen) atoms. The van der Waals surface area contributed by atoms with Gasteiger partial charge in [-0.05, 0) is 141 Å². The van der Waals surface area contributed by atoms with Gasteiger partial charge < -0.3 is 18.9 Å². The first-order valence-corrected chi connectivity index (χ1v) is 35.3. The van der Waals surface area contributed by atoms with Gasteiger partial charge >= 0.3 is 19.8 Å². The minimum Gasteiger partial charge on any atom is -0.462 e. The summed E-state index contributed by atoms with van der Waals surface area (Å²) in [6.45, 7) is 4.10. The lowest BCUT2D eigenvalue weighted by Gasteiger charge is -2.24. The van der Waals surface area contributed by atoms with Crippen LogP contribution in [-0.4, -0.2) is 74.9 Å². The molecule has 0 saturated carbocycles. The zero-order chi connectivity index (χ0) is 64.1. The van der Waals surface area contributed by atoms with E-state index in [1.54, 1.807) is 0 Å². The third-order valence-corrected chi connectivity index (χ3v) is 14.3. The molecule has 0 fully saturated rings. The average molecular weight is 1230 g/mol. The van der Waals surface area contributed by atoms with E-state index >= 15 is 0 Å². The molecule has 492 valence electrons. The molecule has 0 saturated heterocycles. The van der Waals surface area contributed by atoms with Crippen molar-refractivity contribution in [2.24, 2.45) is 0 Å². The first-order valence-electron chi connectivity index (χ1n) is 33.8. The van der Waals surface area contributed by atoms with Crippen molar-refractivity contribution in [2.45, 2.75) is 225 Å². The van der Waals surface area contributed by atoms with Crippen molar-refractivity contribution >= 4 is 19.8 Å². The second-order valence-electron chi connectivity index (χ2n) is 22.7. The molecule has 2 unspecified atom stereocenters. The van der Waals surface area contributed by atoms with Gasteiger partial charge in [0.05, 0.1) is 27.7 Å². The molecule has 2 atom stereocenters. The first-order chi connectivity index (χ1) is 43.0. The highest BCUT2D eigenvalue weighted by atomic mass is 31.2. The van der Waals surface area contributed by atoms with Gasteiger partial charge in [-0.2, -0.15) is 0 Å². The van der Waals surface area contributed by atoms with Gasteiger partial charge in [-0.25, -0.2) is 4.57 Å². The Hall–Kier alpha value is -5.41. The van der Waals surface area contributed by atoms with Crippen LogP contribution in [0, 0.1) is 0 Å². The maximum atomic E-state index is 12.9. The molecule has 0 rings (SSSR count). The summed E-state index contributed by atoms with van der Waals surface area (Å²) >= 11 is 0. The summed E-state index contributed by atoms with van der Waals surface area (Å²) in [6, 6.07) is 0. The summed E-state index contributed by atoms with van der Waals surface area (Å²) < 4.78 is 34.6. The van der Waals surface area contributed by atoms with Gasteiger partial charge in [0.1, 0.15) is 19.8 Å². The Morgan fingerprint density at radius 1 is 0.352 bits per heavy atom. The number of quaternary nitrogens is 1. The fraction of sp³-hybridized carbons (Fsp3) is 0.538. The Morgan fingerprint density at radius 2 is 0.625 bits per heavy atom. The summed E-state index contributed by atoms with van der Waals surface area (Å²) in [5, 5.41) is 0.